The molecule has 0 spiro atoms. The third-order valence-corrected chi connectivity index (χ3v) is 3.21. The minimum absolute atomic E-state index is 0.300. The van der Waals surface area contributed by atoms with Crippen LogP contribution in [0.4, 0.5) is 11.4 Å². The Hall–Kier alpha value is -3.02. The first-order valence-electron chi connectivity index (χ1n) is 7.66. The van der Waals surface area contributed by atoms with Crippen molar-refractivity contribution in [2.75, 3.05) is 33.2 Å². The number of rotatable bonds is 3. The Balaban J connectivity index is 2.48. The number of nitrogens with two attached hydrogens (primary N) is 1. The third kappa shape index (κ3) is 4.49. The van der Waals surface area contributed by atoms with Gasteiger partial charge in [0, 0.05) is 28.2 Å². The van der Waals surface area contributed by atoms with E-state index in [2.05, 4.69) is 10.1 Å². The maximum atomic E-state index is 6.26. The highest BCUT2D eigenvalue weighted by atomic mass is 15.6. The van der Waals surface area contributed by atoms with Crippen molar-refractivity contribution in [3.05, 3.63) is 60.7 Å². The van der Waals surface area contributed by atoms with Crippen LogP contribution < -0.4 is 10.7 Å². The van der Waals surface area contributed by atoms with Crippen molar-refractivity contribution in [2.24, 2.45) is 15.8 Å². The molecule has 0 radical (unpaired) electrons. The second-order valence-corrected chi connectivity index (χ2v) is 5.64. The zero-order valence-corrected chi connectivity index (χ0v) is 14.6. The molecular weight excluding hydrogens is 300 g/mol. The predicted molar refractivity (Wildman–Crippen MR) is 101 cm³/mol. The Morgan fingerprint density at radius 1 is 0.792 bits per heavy atom. The SMILES string of the molecule is CN(C)C(=NN(C(N)=Nc1ccccc1)c1ccccc1)N(C)C. The molecule has 0 fully saturated rings. The van der Waals surface area contributed by atoms with Crippen LogP contribution in [0.5, 0.6) is 0 Å². The molecule has 0 atom stereocenters. The van der Waals surface area contributed by atoms with E-state index in [0.717, 1.165) is 17.3 Å². The molecule has 2 N–H and O–H groups in total. The molecule has 0 aromatic heterocycles. The maximum absolute atomic E-state index is 6.26. The van der Waals surface area contributed by atoms with Gasteiger partial charge in [-0.15, -0.1) is 5.10 Å². The Kier molecular flexibility index (Phi) is 5.78. The normalized spacial score (nSPS) is 10.9. The fourth-order valence-corrected chi connectivity index (χ4v) is 2.16. The van der Waals surface area contributed by atoms with Crippen molar-refractivity contribution in [1.29, 1.82) is 0 Å². The number of aliphatic imine (C=N–C) groups is 1. The van der Waals surface area contributed by atoms with Gasteiger partial charge in [-0.2, -0.15) is 5.01 Å². The topological polar surface area (TPSA) is 60.5 Å². The molecule has 0 saturated carbocycles. The van der Waals surface area contributed by atoms with Gasteiger partial charge in [0.1, 0.15) is 0 Å². The van der Waals surface area contributed by atoms with Crippen molar-refractivity contribution in [1.82, 2.24) is 9.80 Å². The second kappa shape index (κ2) is 8.01. The van der Waals surface area contributed by atoms with Crippen molar-refractivity contribution in [3.8, 4) is 0 Å². The fourth-order valence-electron chi connectivity index (χ4n) is 2.16. The Morgan fingerprint density at radius 3 is 1.79 bits per heavy atom. The molecule has 2 aromatic carbocycles. The summed E-state index contributed by atoms with van der Waals surface area (Å²) in [7, 11) is 7.75. The Labute approximate surface area is 143 Å². The molecule has 126 valence electrons. The van der Waals surface area contributed by atoms with Crippen LogP contribution >= 0.6 is 0 Å². The number of nitrogens with zero attached hydrogens (tertiary/aromatic N) is 5. The molecule has 0 bridgehead atoms. The van der Waals surface area contributed by atoms with Crippen molar-refractivity contribution < 1.29 is 0 Å². The lowest BCUT2D eigenvalue weighted by atomic mass is 10.3. The van der Waals surface area contributed by atoms with Gasteiger partial charge in [0.2, 0.25) is 11.9 Å². The predicted octanol–water partition coefficient (Wildman–Crippen LogP) is 2.53. The van der Waals surface area contributed by atoms with Crippen molar-refractivity contribution in [2.45, 2.75) is 0 Å². The number of hydrazone groups is 1. The van der Waals surface area contributed by atoms with Gasteiger partial charge in [-0.05, 0) is 24.3 Å². The fraction of sp³-hybridized carbons (Fsp3) is 0.222. The molecule has 0 aliphatic heterocycles. The zero-order chi connectivity index (χ0) is 17.5. The lowest BCUT2D eigenvalue weighted by Gasteiger charge is -2.26. The van der Waals surface area contributed by atoms with Gasteiger partial charge in [0.05, 0.1) is 11.4 Å². The monoisotopic (exact) mass is 324 g/mol. The van der Waals surface area contributed by atoms with Crippen LogP contribution in [-0.4, -0.2) is 49.9 Å². The summed E-state index contributed by atoms with van der Waals surface area (Å²) in [5.41, 5.74) is 7.89. The van der Waals surface area contributed by atoms with E-state index in [-0.39, 0.29) is 0 Å². The minimum atomic E-state index is 0.300. The highest BCUT2D eigenvalue weighted by Crippen LogP contribution is 2.17. The van der Waals surface area contributed by atoms with Gasteiger partial charge in [0.25, 0.3) is 0 Å². The highest BCUT2D eigenvalue weighted by molar-refractivity contribution is 5.98. The van der Waals surface area contributed by atoms with Gasteiger partial charge in [-0.3, -0.25) is 0 Å². The van der Waals surface area contributed by atoms with E-state index >= 15 is 0 Å². The van der Waals surface area contributed by atoms with E-state index in [9.17, 15) is 0 Å². The van der Waals surface area contributed by atoms with Crippen LogP contribution in [0.1, 0.15) is 0 Å². The average molecular weight is 324 g/mol. The Morgan fingerprint density at radius 2 is 1.29 bits per heavy atom. The first kappa shape index (κ1) is 17.3. The van der Waals surface area contributed by atoms with Crippen molar-refractivity contribution in [3.63, 3.8) is 0 Å². The summed E-state index contributed by atoms with van der Waals surface area (Å²) in [5.74, 6) is 1.05. The summed E-state index contributed by atoms with van der Waals surface area (Å²) < 4.78 is 0. The zero-order valence-electron chi connectivity index (χ0n) is 14.6. The molecule has 0 aliphatic rings. The van der Waals surface area contributed by atoms with Gasteiger partial charge in [0.15, 0.2) is 0 Å². The van der Waals surface area contributed by atoms with E-state index in [0.29, 0.717) is 5.96 Å². The van der Waals surface area contributed by atoms with Crippen LogP contribution in [0, 0.1) is 0 Å². The lowest BCUT2D eigenvalue weighted by Crippen LogP contribution is -2.41. The van der Waals surface area contributed by atoms with Gasteiger partial charge in [-0.25, -0.2) is 4.99 Å². The second-order valence-electron chi connectivity index (χ2n) is 5.64. The van der Waals surface area contributed by atoms with Crippen LogP contribution in [0.2, 0.25) is 0 Å². The Bertz CT molecular complexity index is 682. The smallest absolute Gasteiger partial charge is 0.222 e. The first-order chi connectivity index (χ1) is 11.5. The number of anilines is 1. The summed E-state index contributed by atoms with van der Waals surface area (Å²) in [6.45, 7) is 0. The maximum Gasteiger partial charge on any atom is 0.222 e. The summed E-state index contributed by atoms with van der Waals surface area (Å²) in [4.78, 5) is 8.33. The largest absolute Gasteiger partial charge is 0.368 e. The molecule has 6 heteroatoms. The summed E-state index contributed by atoms with van der Waals surface area (Å²) in [6, 6.07) is 19.3. The number of benzene rings is 2. The molecule has 0 aliphatic carbocycles. The molecule has 2 aromatic rings. The third-order valence-electron chi connectivity index (χ3n) is 3.21. The number of para-hydroxylation sites is 2. The van der Waals surface area contributed by atoms with E-state index in [1.807, 2.05) is 98.7 Å². The molecular formula is C18H24N6. The highest BCUT2D eigenvalue weighted by Gasteiger charge is 2.14. The molecule has 0 saturated heterocycles. The van der Waals surface area contributed by atoms with E-state index in [1.165, 1.54) is 0 Å². The minimum Gasteiger partial charge on any atom is -0.368 e. The molecule has 0 unspecified atom stereocenters. The van der Waals surface area contributed by atoms with E-state index < -0.39 is 0 Å². The quantitative estimate of drug-likeness (QED) is 0.535. The van der Waals surface area contributed by atoms with Crippen molar-refractivity contribution >= 4 is 23.3 Å². The molecule has 0 heterocycles. The van der Waals surface area contributed by atoms with Gasteiger partial charge >= 0.3 is 0 Å². The summed E-state index contributed by atoms with van der Waals surface area (Å²) >= 11 is 0. The molecule has 24 heavy (non-hydrogen) atoms. The van der Waals surface area contributed by atoms with Gasteiger partial charge < -0.3 is 15.5 Å². The molecule has 6 nitrogen and oxygen atoms in total. The van der Waals surface area contributed by atoms with Crippen LogP contribution in [0.3, 0.4) is 0 Å². The number of hydrogen-bond acceptors (Lipinski definition) is 2. The van der Waals surface area contributed by atoms with E-state index in [1.54, 1.807) is 5.01 Å². The number of hydrogen-bond donors (Lipinski definition) is 1. The summed E-state index contributed by atoms with van der Waals surface area (Å²) in [5, 5.41) is 6.33. The van der Waals surface area contributed by atoms with Crippen LogP contribution in [0.25, 0.3) is 0 Å². The average Bonchev–Trinajstić information content (AvgIpc) is 2.56. The molecule has 0 amide bonds. The van der Waals surface area contributed by atoms with Crippen LogP contribution in [-0.2, 0) is 0 Å². The first-order valence-corrected chi connectivity index (χ1v) is 7.66. The van der Waals surface area contributed by atoms with Gasteiger partial charge in [-0.1, -0.05) is 36.4 Å². The lowest BCUT2D eigenvalue weighted by molar-refractivity contribution is 0.480. The standard InChI is InChI=1S/C18H24N6/c1-22(2)18(23(3)4)21-24(16-13-9-6-10-14-16)17(19)20-15-11-7-5-8-12-15/h5-14H,1-4H3,(H2,19,20). The van der Waals surface area contributed by atoms with E-state index in [4.69, 9.17) is 5.73 Å². The number of guanidine groups is 2. The summed E-state index contributed by atoms with van der Waals surface area (Å²) in [6.07, 6.45) is 0. The van der Waals surface area contributed by atoms with Crippen LogP contribution in [0.15, 0.2) is 70.8 Å². The molecule has 2 rings (SSSR count).